The van der Waals surface area contributed by atoms with Gasteiger partial charge in [-0.1, -0.05) is 87.1 Å². The molecule has 0 bridgehead atoms. The van der Waals surface area contributed by atoms with Gasteiger partial charge in [0.2, 0.25) is 0 Å². The normalized spacial score (nSPS) is 10.8. The van der Waals surface area contributed by atoms with E-state index in [4.69, 9.17) is 4.74 Å². The van der Waals surface area contributed by atoms with Crippen molar-refractivity contribution in [3.8, 4) is 5.75 Å². The molecule has 2 aromatic rings. The lowest BCUT2D eigenvalue weighted by Gasteiger charge is -2.11. The monoisotopic (exact) mass is 380 g/mol. The third-order valence-corrected chi connectivity index (χ3v) is 5.18. The number of rotatable bonds is 15. The van der Waals surface area contributed by atoms with Crippen LogP contribution in [0.1, 0.15) is 75.8 Å². The van der Waals surface area contributed by atoms with Crippen molar-refractivity contribution in [2.75, 3.05) is 6.61 Å². The Labute approximate surface area is 171 Å². The van der Waals surface area contributed by atoms with Crippen LogP contribution in [0.4, 0.5) is 0 Å². The molecule has 0 N–H and O–H groups in total. The van der Waals surface area contributed by atoms with Crippen LogP contribution in [0.3, 0.4) is 0 Å². The van der Waals surface area contributed by atoms with Gasteiger partial charge < -0.3 is 9.53 Å². The first-order valence-electron chi connectivity index (χ1n) is 11.0. The Hall–Kier alpha value is -2.09. The van der Waals surface area contributed by atoms with Gasteiger partial charge in [0.25, 0.3) is 0 Å². The van der Waals surface area contributed by atoms with Gasteiger partial charge in [0, 0.05) is 6.42 Å². The van der Waals surface area contributed by atoms with Gasteiger partial charge in [-0.2, -0.15) is 0 Å². The van der Waals surface area contributed by atoms with Crippen LogP contribution in [0, 0.1) is 0 Å². The fraction of sp³-hybridized carbons (Fsp3) is 0.500. The number of ketones is 1. The van der Waals surface area contributed by atoms with Gasteiger partial charge >= 0.3 is 0 Å². The number of ether oxygens (including phenoxy) is 1. The van der Waals surface area contributed by atoms with E-state index in [0.29, 0.717) is 5.78 Å². The van der Waals surface area contributed by atoms with Crippen LogP contribution in [0.2, 0.25) is 0 Å². The molecule has 0 unspecified atom stereocenters. The Bertz CT molecular complexity index is 663. The molecule has 2 heteroatoms. The van der Waals surface area contributed by atoms with Crippen LogP contribution in [0.15, 0.2) is 54.6 Å². The van der Waals surface area contributed by atoms with Crippen molar-refractivity contribution in [1.29, 1.82) is 0 Å². The van der Waals surface area contributed by atoms with E-state index in [1.165, 1.54) is 49.7 Å². The number of para-hydroxylation sites is 1. The molecule has 0 aliphatic rings. The molecule has 0 radical (unpaired) electrons. The Morgan fingerprint density at radius 3 is 2.04 bits per heavy atom. The van der Waals surface area contributed by atoms with E-state index in [-0.39, 0.29) is 0 Å². The Balaban J connectivity index is 1.55. The second-order valence-electron chi connectivity index (χ2n) is 7.72. The van der Waals surface area contributed by atoms with Crippen LogP contribution < -0.4 is 4.74 Å². The van der Waals surface area contributed by atoms with Crippen LogP contribution in [-0.2, 0) is 17.6 Å². The fourth-order valence-electron chi connectivity index (χ4n) is 3.49. The molecule has 0 saturated heterocycles. The maximum Gasteiger partial charge on any atom is 0.129 e. The van der Waals surface area contributed by atoms with Crippen LogP contribution in [0.25, 0.3) is 0 Å². The number of carbonyl (C=O) groups excluding carboxylic acids is 1. The van der Waals surface area contributed by atoms with E-state index in [0.717, 1.165) is 44.5 Å². The molecule has 2 nitrogen and oxygen atoms in total. The van der Waals surface area contributed by atoms with Gasteiger partial charge in [0.1, 0.15) is 11.5 Å². The van der Waals surface area contributed by atoms with E-state index in [1.54, 1.807) is 6.92 Å². The first-order chi connectivity index (χ1) is 13.8. The first kappa shape index (κ1) is 22.2. The summed E-state index contributed by atoms with van der Waals surface area (Å²) in [6.45, 7) is 2.49. The van der Waals surface area contributed by atoms with Crippen molar-refractivity contribution in [3.63, 3.8) is 0 Å². The molecule has 0 spiro atoms. The average molecular weight is 381 g/mol. The molecular formula is C26H36O2. The average Bonchev–Trinajstić information content (AvgIpc) is 2.71. The summed E-state index contributed by atoms with van der Waals surface area (Å²) in [6.07, 6.45) is 12.6. The van der Waals surface area contributed by atoms with E-state index in [2.05, 4.69) is 54.6 Å². The van der Waals surface area contributed by atoms with Crippen molar-refractivity contribution in [2.24, 2.45) is 0 Å². The summed E-state index contributed by atoms with van der Waals surface area (Å²) >= 11 is 0. The van der Waals surface area contributed by atoms with Crippen molar-refractivity contribution in [1.82, 2.24) is 0 Å². The standard InChI is InChI=1S/C26H36O2/c1-23(27)15-9-6-4-2-3-5-7-14-22-28-26-19-13-12-18-25(26)21-20-24-16-10-8-11-17-24/h8,10-13,16-19H,2-7,9,14-15,20-22H2,1H3. The molecule has 2 aromatic carbocycles. The topological polar surface area (TPSA) is 26.3 Å². The quantitative estimate of drug-likeness (QED) is 0.312. The lowest BCUT2D eigenvalue weighted by atomic mass is 10.0. The summed E-state index contributed by atoms with van der Waals surface area (Å²) in [6, 6.07) is 19.1. The smallest absolute Gasteiger partial charge is 0.129 e. The largest absolute Gasteiger partial charge is 0.493 e. The van der Waals surface area contributed by atoms with Gasteiger partial charge in [-0.3, -0.25) is 0 Å². The zero-order valence-corrected chi connectivity index (χ0v) is 17.5. The summed E-state index contributed by atoms with van der Waals surface area (Å²) in [4.78, 5) is 10.9. The minimum absolute atomic E-state index is 0.321. The summed E-state index contributed by atoms with van der Waals surface area (Å²) in [5.41, 5.74) is 2.68. The maximum atomic E-state index is 10.9. The van der Waals surface area contributed by atoms with Crippen molar-refractivity contribution < 1.29 is 9.53 Å². The van der Waals surface area contributed by atoms with E-state index in [9.17, 15) is 4.79 Å². The lowest BCUT2D eigenvalue weighted by Crippen LogP contribution is -2.01. The molecule has 0 amide bonds. The molecule has 0 aliphatic heterocycles. The molecule has 0 aromatic heterocycles. The minimum Gasteiger partial charge on any atom is -0.493 e. The van der Waals surface area contributed by atoms with Crippen molar-refractivity contribution >= 4 is 5.78 Å². The molecular weight excluding hydrogens is 344 g/mol. The second-order valence-corrected chi connectivity index (χ2v) is 7.72. The number of carbonyl (C=O) groups is 1. The van der Waals surface area contributed by atoms with Crippen molar-refractivity contribution in [3.05, 3.63) is 65.7 Å². The highest BCUT2D eigenvalue weighted by Gasteiger charge is 2.04. The van der Waals surface area contributed by atoms with Gasteiger partial charge in [-0.25, -0.2) is 0 Å². The second kappa shape index (κ2) is 14.0. The molecule has 0 fully saturated rings. The van der Waals surface area contributed by atoms with E-state index < -0.39 is 0 Å². The van der Waals surface area contributed by atoms with Crippen molar-refractivity contribution in [2.45, 2.75) is 77.6 Å². The Morgan fingerprint density at radius 1 is 0.714 bits per heavy atom. The third kappa shape index (κ3) is 9.73. The summed E-state index contributed by atoms with van der Waals surface area (Å²) in [7, 11) is 0. The molecule has 152 valence electrons. The Kier molecular flexibility index (Phi) is 11.1. The number of unbranched alkanes of at least 4 members (excludes halogenated alkanes) is 7. The Morgan fingerprint density at radius 2 is 1.32 bits per heavy atom. The minimum atomic E-state index is 0.321. The molecule has 0 heterocycles. The highest BCUT2D eigenvalue weighted by molar-refractivity contribution is 5.75. The lowest BCUT2D eigenvalue weighted by molar-refractivity contribution is -0.117. The molecule has 0 atom stereocenters. The van der Waals surface area contributed by atoms with Crippen LogP contribution in [-0.4, -0.2) is 12.4 Å². The summed E-state index contributed by atoms with van der Waals surface area (Å²) in [5, 5.41) is 0. The third-order valence-electron chi connectivity index (χ3n) is 5.18. The van der Waals surface area contributed by atoms with Gasteiger partial charge in [-0.15, -0.1) is 0 Å². The summed E-state index contributed by atoms with van der Waals surface area (Å²) in [5.74, 6) is 1.37. The number of hydrogen-bond donors (Lipinski definition) is 0. The van der Waals surface area contributed by atoms with E-state index in [1.807, 2.05) is 0 Å². The molecule has 0 aliphatic carbocycles. The molecule has 2 rings (SSSR count). The number of hydrogen-bond acceptors (Lipinski definition) is 2. The molecule has 28 heavy (non-hydrogen) atoms. The highest BCUT2D eigenvalue weighted by Crippen LogP contribution is 2.20. The predicted molar refractivity (Wildman–Crippen MR) is 118 cm³/mol. The summed E-state index contributed by atoms with van der Waals surface area (Å²) < 4.78 is 6.08. The predicted octanol–water partition coefficient (Wildman–Crippen LogP) is 6.95. The number of Topliss-reactive ketones (excluding diaryl/α,β-unsaturated/α-hetero) is 1. The zero-order valence-electron chi connectivity index (χ0n) is 17.5. The van der Waals surface area contributed by atoms with Gasteiger partial charge in [-0.05, 0) is 49.8 Å². The SMILES string of the molecule is CC(=O)CCCCCCCCCCOc1ccccc1CCc1ccccc1. The number of benzene rings is 2. The van der Waals surface area contributed by atoms with Crippen LogP contribution in [0.5, 0.6) is 5.75 Å². The van der Waals surface area contributed by atoms with Crippen LogP contribution >= 0.6 is 0 Å². The highest BCUT2D eigenvalue weighted by atomic mass is 16.5. The first-order valence-corrected chi connectivity index (χ1v) is 11.0. The molecule has 0 saturated carbocycles. The fourth-order valence-corrected chi connectivity index (χ4v) is 3.49. The maximum absolute atomic E-state index is 10.9. The van der Waals surface area contributed by atoms with Gasteiger partial charge in [0.15, 0.2) is 0 Å². The number of aryl methyl sites for hydroxylation is 2. The zero-order chi connectivity index (χ0) is 19.9. The van der Waals surface area contributed by atoms with Gasteiger partial charge in [0.05, 0.1) is 6.61 Å². The van der Waals surface area contributed by atoms with E-state index >= 15 is 0 Å².